The van der Waals surface area contributed by atoms with E-state index in [9.17, 15) is 0 Å². The quantitative estimate of drug-likeness (QED) is 0.183. The average Bonchev–Trinajstić information content (AvgIpc) is 3.74. The number of ether oxygens (including phenoxy) is 2. The van der Waals surface area contributed by atoms with Crippen LogP contribution in [0.1, 0.15) is 0 Å². The van der Waals surface area contributed by atoms with Gasteiger partial charge in [-0.1, -0.05) is 0 Å². The average molecular weight is 915 g/mol. The first-order valence-corrected chi connectivity index (χ1v) is 10.8. The summed E-state index contributed by atoms with van der Waals surface area (Å²) in [4.78, 5) is 24.0. The number of hydrogen-bond donors (Lipinski definition) is 0. The molecule has 0 spiro atoms. The predicted molar refractivity (Wildman–Crippen MR) is 132 cm³/mol. The molecule has 42 heavy (non-hydrogen) atoms. The van der Waals surface area contributed by atoms with Crippen molar-refractivity contribution >= 4 is 0 Å². The smallest absolute Gasteiger partial charge is 0.237 e. The third-order valence-electron chi connectivity index (χ3n) is 4.07. The van der Waals surface area contributed by atoms with Crippen LogP contribution in [0.2, 0.25) is 0 Å². The molecule has 6 aromatic rings. The Kier molecular flexibility index (Phi) is 14.3. The van der Waals surface area contributed by atoms with Crippen LogP contribution in [0.15, 0.2) is 74.9 Å². The molecule has 0 bridgehead atoms. The van der Waals surface area contributed by atoms with E-state index >= 15 is 0 Å². The van der Waals surface area contributed by atoms with Crippen molar-refractivity contribution in [1.82, 2.24) is 59.4 Å². The van der Waals surface area contributed by atoms with Crippen LogP contribution in [-0.4, -0.2) is 59.4 Å². The van der Waals surface area contributed by atoms with Crippen LogP contribution >= 0.6 is 0 Å². The van der Waals surface area contributed by atoms with Gasteiger partial charge < -0.3 is 57.7 Å². The second-order valence-corrected chi connectivity index (χ2v) is 6.67. The number of aromatic nitrogens is 12. The number of pyridine rings is 2. The van der Waals surface area contributed by atoms with Gasteiger partial charge >= 0.3 is 0 Å². The zero-order valence-electron chi connectivity index (χ0n) is 20.7. The van der Waals surface area contributed by atoms with E-state index in [1.165, 1.54) is 71.6 Å². The Morgan fingerprint density at radius 3 is 1.31 bits per heavy atom. The summed E-state index contributed by atoms with van der Waals surface area (Å²) in [6.45, 7) is 0. The molecule has 214 valence electrons. The third kappa shape index (κ3) is 10.8. The van der Waals surface area contributed by atoms with Crippen LogP contribution in [0.4, 0.5) is 0 Å². The van der Waals surface area contributed by atoms with Crippen LogP contribution in [0.25, 0.3) is 11.1 Å². The maximum absolute atomic E-state index is 6.49. The summed E-state index contributed by atoms with van der Waals surface area (Å²) in [6, 6.07) is 15.9. The Bertz CT molecular complexity index is 1550. The molecule has 0 amide bonds. The Labute approximate surface area is 268 Å². The molecule has 0 aromatic carbocycles. The first kappa shape index (κ1) is 33.0. The maximum atomic E-state index is 6.49. The van der Waals surface area contributed by atoms with E-state index in [-0.39, 0.29) is 53.9 Å². The SMILES string of the molecule is [C-]#Cn1cnnc1.[C-]#Cn1cnnc1.[Pt].[Pt].[c-]1cnc(Oc2cnccn2)[c-]c1-c1[c-]cnc(Oc2cnccn2)[c-]1. The molecule has 14 nitrogen and oxygen atoms in total. The number of rotatable bonds is 5. The van der Waals surface area contributed by atoms with Gasteiger partial charge in [0.2, 0.25) is 11.8 Å². The fourth-order valence-corrected chi connectivity index (χ4v) is 2.43. The number of hydrogen-bond acceptors (Lipinski definition) is 12. The van der Waals surface area contributed by atoms with E-state index in [1.807, 2.05) is 12.1 Å². The van der Waals surface area contributed by atoms with Crippen LogP contribution in [0.5, 0.6) is 23.5 Å². The molecular formula is C26H12N12O2Pt2-6. The molecule has 0 aliphatic carbocycles. The molecule has 6 aromatic heterocycles. The first-order valence-electron chi connectivity index (χ1n) is 10.8. The van der Waals surface area contributed by atoms with Gasteiger partial charge in [-0.15, -0.1) is 32.8 Å². The first-order chi connectivity index (χ1) is 19.7. The van der Waals surface area contributed by atoms with E-state index < -0.39 is 0 Å². The summed E-state index contributed by atoms with van der Waals surface area (Å²) in [7, 11) is 0. The molecule has 0 radical (unpaired) electrons. The van der Waals surface area contributed by atoms with Gasteiger partial charge in [0.1, 0.15) is 25.3 Å². The van der Waals surface area contributed by atoms with E-state index in [1.54, 1.807) is 12.4 Å². The monoisotopic (exact) mass is 914 g/mol. The number of nitrogens with zero attached hydrogens (tertiary/aromatic N) is 12. The third-order valence-corrected chi connectivity index (χ3v) is 4.07. The van der Waals surface area contributed by atoms with Gasteiger partial charge in [0.15, 0.2) is 0 Å². The molecular weight excluding hydrogens is 903 g/mol. The zero-order valence-corrected chi connectivity index (χ0v) is 25.3. The van der Waals surface area contributed by atoms with Crippen LogP contribution in [0.3, 0.4) is 0 Å². The summed E-state index contributed by atoms with van der Waals surface area (Å²) in [5, 5.41) is 13.7. The molecule has 0 aliphatic heterocycles. The summed E-state index contributed by atoms with van der Waals surface area (Å²) in [6.07, 6.45) is 30.6. The summed E-state index contributed by atoms with van der Waals surface area (Å²) >= 11 is 0. The Morgan fingerprint density at radius 1 is 0.595 bits per heavy atom. The van der Waals surface area contributed by atoms with E-state index in [0.29, 0.717) is 22.9 Å². The molecule has 6 rings (SSSR count). The largest absolute Gasteiger partial charge is 0.669 e. The van der Waals surface area contributed by atoms with E-state index in [0.717, 1.165) is 0 Å². The van der Waals surface area contributed by atoms with Gasteiger partial charge in [-0.05, 0) is 0 Å². The van der Waals surface area contributed by atoms with Gasteiger partial charge in [0.25, 0.3) is 0 Å². The fourth-order valence-electron chi connectivity index (χ4n) is 2.43. The molecule has 0 saturated carbocycles. The second-order valence-electron chi connectivity index (χ2n) is 6.67. The van der Waals surface area contributed by atoms with Crippen LogP contribution < -0.4 is 9.47 Å². The molecule has 0 N–H and O–H groups in total. The van der Waals surface area contributed by atoms with Crippen molar-refractivity contribution in [2.45, 2.75) is 0 Å². The van der Waals surface area contributed by atoms with E-state index in [2.05, 4.69) is 74.6 Å². The van der Waals surface area contributed by atoms with Crippen LogP contribution in [-0.2, 0) is 42.1 Å². The Balaban J connectivity index is 0.000000317. The molecule has 0 aliphatic rings. The Hall–Kier alpha value is -5.16. The van der Waals surface area contributed by atoms with Gasteiger partial charge in [-0.2, -0.15) is 0 Å². The minimum Gasteiger partial charge on any atom is -0.669 e. The standard InChI is InChI=1S/C18H8N6O2.2C4H2N3.2Pt/c1-3-21-15(25-17-11-19-5-7-23-17)9-13(1)14-2-4-22-16(10-14)26-18-12-20-6-8-24-18;2*1-2-7-3-5-6-4-7;;/h3-8,11-12H;2*3-4H;;/q-4;2*-1;;. The summed E-state index contributed by atoms with van der Waals surface area (Å²) in [5.74, 6) is 1.05. The molecule has 0 unspecified atom stereocenters. The molecule has 0 atom stereocenters. The summed E-state index contributed by atoms with van der Waals surface area (Å²) < 4.78 is 13.7. The molecule has 0 saturated heterocycles. The van der Waals surface area contributed by atoms with Crippen molar-refractivity contribution in [2.75, 3.05) is 0 Å². The minimum atomic E-state index is 0. The van der Waals surface area contributed by atoms with E-state index in [4.69, 9.17) is 22.3 Å². The zero-order chi connectivity index (χ0) is 27.8. The van der Waals surface area contributed by atoms with Gasteiger partial charge in [-0.25, -0.2) is 22.1 Å². The molecule has 0 fully saturated rings. The molecule has 6 heterocycles. The predicted octanol–water partition coefficient (Wildman–Crippen LogP) is 1.85. The van der Waals surface area contributed by atoms with Crippen molar-refractivity contribution < 1.29 is 51.6 Å². The van der Waals surface area contributed by atoms with Gasteiger partial charge in [0, 0.05) is 66.9 Å². The topological polar surface area (TPSA) is 157 Å². The second kappa shape index (κ2) is 18.2. The molecule has 16 heteroatoms. The van der Waals surface area contributed by atoms with Crippen molar-refractivity contribution in [3.05, 3.63) is 112 Å². The van der Waals surface area contributed by atoms with Crippen molar-refractivity contribution in [3.63, 3.8) is 0 Å². The van der Waals surface area contributed by atoms with Gasteiger partial charge in [-0.3, -0.25) is 29.1 Å². The van der Waals surface area contributed by atoms with Crippen molar-refractivity contribution in [2.24, 2.45) is 0 Å². The summed E-state index contributed by atoms with van der Waals surface area (Å²) in [5.41, 5.74) is 1.07. The van der Waals surface area contributed by atoms with Crippen LogP contribution in [0, 0.1) is 49.2 Å². The minimum absolute atomic E-state index is 0. The normalized spacial score (nSPS) is 9.00. The maximum Gasteiger partial charge on any atom is 0.237 e. The van der Waals surface area contributed by atoms with Gasteiger partial charge in [0.05, 0.1) is 24.2 Å². The van der Waals surface area contributed by atoms with Crippen molar-refractivity contribution in [3.8, 4) is 46.7 Å². The Morgan fingerprint density at radius 2 is 1.00 bits per heavy atom. The fraction of sp³-hybridized carbons (Fsp3) is 0. The van der Waals surface area contributed by atoms with Crippen molar-refractivity contribution in [1.29, 1.82) is 0 Å².